The second-order valence-corrected chi connectivity index (χ2v) is 4.91. The number of piperidine rings is 1. The normalized spacial score (nSPS) is 15.6. The van der Waals surface area contributed by atoms with Crippen LogP contribution in [0.4, 0.5) is 11.4 Å². The van der Waals surface area contributed by atoms with E-state index in [0.29, 0.717) is 43.1 Å². The molecule has 21 heavy (non-hydrogen) atoms. The van der Waals surface area contributed by atoms with Crippen molar-refractivity contribution in [3.8, 4) is 11.5 Å². The van der Waals surface area contributed by atoms with Crippen molar-refractivity contribution in [3.63, 3.8) is 0 Å². The Bertz CT molecular complexity index is 538. The van der Waals surface area contributed by atoms with Crippen LogP contribution in [0.5, 0.6) is 11.5 Å². The van der Waals surface area contributed by atoms with Crippen LogP contribution in [0.3, 0.4) is 0 Å². The first-order chi connectivity index (χ1) is 10.1. The molecule has 0 atom stereocenters. The van der Waals surface area contributed by atoms with Gasteiger partial charge in [-0.3, -0.25) is 10.1 Å². The number of methoxy groups -OCH3 is 2. The summed E-state index contributed by atoms with van der Waals surface area (Å²) in [5, 5.41) is 11.3. The molecule has 1 aliphatic rings. The van der Waals surface area contributed by atoms with Crippen molar-refractivity contribution in [2.24, 2.45) is 5.92 Å². The molecule has 0 saturated carbocycles. The molecule has 1 heterocycles. The number of hydrogen-bond acceptors (Lipinski definition) is 6. The van der Waals surface area contributed by atoms with Crippen LogP contribution in [0.1, 0.15) is 12.8 Å². The third kappa shape index (κ3) is 3.07. The summed E-state index contributed by atoms with van der Waals surface area (Å²) in [5.74, 6) is 0.826. The number of benzene rings is 1. The van der Waals surface area contributed by atoms with Crippen LogP contribution in [-0.2, 0) is 4.79 Å². The van der Waals surface area contributed by atoms with Gasteiger partial charge in [0, 0.05) is 25.1 Å². The fraction of sp³-hybridized carbons (Fsp3) is 0.500. The molecule has 1 aliphatic heterocycles. The molecule has 114 valence electrons. The topological polar surface area (TPSA) is 81.9 Å². The first-order valence-electron chi connectivity index (χ1n) is 6.71. The number of ether oxygens (including phenoxy) is 2. The number of hydrogen-bond donors (Lipinski definition) is 0. The van der Waals surface area contributed by atoms with Crippen molar-refractivity contribution >= 4 is 17.7 Å². The van der Waals surface area contributed by atoms with Gasteiger partial charge in [-0.05, 0) is 12.8 Å². The second kappa shape index (κ2) is 6.43. The molecular weight excluding hydrogens is 276 g/mol. The minimum absolute atomic E-state index is 0.0165. The molecule has 1 aromatic carbocycles. The van der Waals surface area contributed by atoms with Crippen LogP contribution in [0.15, 0.2) is 12.1 Å². The third-order valence-corrected chi connectivity index (χ3v) is 3.75. The second-order valence-electron chi connectivity index (χ2n) is 4.91. The zero-order valence-corrected chi connectivity index (χ0v) is 12.1. The van der Waals surface area contributed by atoms with Crippen LogP contribution < -0.4 is 14.4 Å². The predicted molar refractivity (Wildman–Crippen MR) is 77.2 cm³/mol. The monoisotopic (exact) mass is 294 g/mol. The van der Waals surface area contributed by atoms with E-state index in [1.54, 1.807) is 6.07 Å². The number of nitro benzene ring substituents is 1. The smallest absolute Gasteiger partial charge is 0.296 e. The summed E-state index contributed by atoms with van der Waals surface area (Å²) in [5.41, 5.74) is 0.485. The van der Waals surface area contributed by atoms with E-state index in [4.69, 9.17) is 9.47 Å². The van der Waals surface area contributed by atoms with Gasteiger partial charge in [-0.1, -0.05) is 0 Å². The summed E-state index contributed by atoms with van der Waals surface area (Å²) in [6.07, 6.45) is 2.37. The predicted octanol–water partition coefficient (Wildman–Crippen LogP) is 2.03. The van der Waals surface area contributed by atoms with E-state index in [1.807, 2.05) is 4.90 Å². The first kappa shape index (κ1) is 15.1. The van der Waals surface area contributed by atoms with Gasteiger partial charge in [0.25, 0.3) is 5.69 Å². The van der Waals surface area contributed by atoms with Crippen molar-refractivity contribution < 1.29 is 19.2 Å². The van der Waals surface area contributed by atoms with Gasteiger partial charge < -0.3 is 19.2 Å². The van der Waals surface area contributed by atoms with E-state index in [0.717, 1.165) is 6.29 Å². The Morgan fingerprint density at radius 1 is 1.24 bits per heavy atom. The molecule has 1 aromatic rings. The van der Waals surface area contributed by atoms with Crippen molar-refractivity contribution in [1.29, 1.82) is 0 Å². The summed E-state index contributed by atoms with van der Waals surface area (Å²) >= 11 is 0. The number of carbonyl (C=O) groups is 1. The molecular formula is C14H18N2O5. The van der Waals surface area contributed by atoms with Crippen molar-refractivity contribution in [3.05, 3.63) is 22.2 Å². The fourth-order valence-electron chi connectivity index (χ4n) is 2.53. The summed E-state index contributed by atoms with van der Waals surface area (Å²) in [6.45, 7) is 1.22. The lowest BCUT2D eigenvalue weighted by molar-refractivity contribution is -0.384. The Hall–Kier alpha value is -2.31. The van der Waals surface area contributed by atoms with Crippen LogP contribution in [0.2, 0.25) is 0 Å². The van der Waals surface area contributed by atoms with E-state index in [-0.39, 0.29) is 11.6 Å². The number of rotatable bonds is 5. The fourth-order valence-corrected chi connectivity index (χ4v) is 2.53. The van der Waals surface area contributed by atoms with Gasteiger partial charge in [-0.15, -0.1) is 0 Å². The number of nitrogens with zero attached hydrogens (tertiary/aromatic N) is 2. The third-order valence-electron chi connectivity index (χ3n) is 3.75. The van der Waals surface area contributed by atoms with E-state index in [1.165, 1.54) is 20.3 Å². The van der Waals surface area contributed by atoms with Gasteiger partial charge in [0.15, 0.2) is 11.5 Å². The zero-order chi connectivity index (χ0) is 15.4. The van der Waals surface area contributed by atoms with E-state index in [9.17, 15) is 14.9 Å². The highest BCUT2D eigenvalue weighted by atomic mass is 16.6. The van der Waals surface area contributed by atoms with Gasteiger partial charge >= 0.3 is 0 Å². The molecule has 0 aliphatic carbocycles. The molecule has 0 amide bonds. The molecule has 0 bridgehead atoms. The molecule has 2 rings (SSSR count). The molecule has 0 radical (unpaired) electrons. The Morgan fingerprint density at radius 2 is 1.81 bits per heavy atom. The summed E-state index contributed by atoms with van der Waals surface area (Å²) in [4.78, 5) is 23.6. The SMILES string of the molecule is COc1cc(N2CCC(C=O)CC2)c([N+](=O)[O-])cc1OC. The summed E-state index contributed by atoms with van der Waals surface area (Å²) in [6, 6.07) is 3.00. The lowest BCUT2D eigenvalue weighted by Crippen LogP contribution is -2.34. The highest BCUT2D eigenvalue weighted by Gasteiger charge is 2.27. The standard InChI is InChI=1S/C14H18N2O5/c1-20-13-7-11(12(16(18)19)8-14(13)21-2)15-5-3-10(9-17)4-6-15/h7-10H,3-6H2,1-2H3. The van der Waals surface area contributed by atoms with Gasteiger partial charge in [-0.2, -0.15) is 0 Å². The maximum atomic E-state index is 11.3. The van der Waals surface area contributed by atoms with E-state index >= 15 is 0 Å². The molecule has 0 unspecified atom stereocenters. The molecule has 1 saturated heterocycles. The maximum absolute atomic E-state index is 11.3. The van der Waals surface area contributed by atoms with Crippen LogP contribution in [0, 0.1) is 16.0 Å². The van der Waals surface area contributed by atoms with E-state index in [2.05, 4.69) is 0 Å². The van der Waals surface area contributed by atoms with Gasteiger partial charge in [0.05, 0.1) is 25.2 Å². The van der Waals surface area contributed by atoms with Crippen LogP contribution >= 0.6 is 0 Å². The first-order valence-corrected chi connectivity index (χ1v) is 6.71. The average Bonchev–Trinajstić information content (AvgIpc) is 2.53. The Kier molecular flexibility index (Phi) is 4.62. The Morgan fingerprint density at radius 3 is 2.29 bits per heavy atom. The minimum atomic E-state index is -0.427. The van der Waals surface area contributed by atoms with Gasteiger partial charge in [-0.25, -0.2) is 0 Å². The highest BCUT2D eigenvalue weighted by Crippen LogP contribution is 2.40. The Balaban J connectivity index is 2.37. The van der Waals surface area contributed by atoms with Gasteiger partial charge in [0.1, 0.15) is 12.0 Å². The maximum Gasteiger partial charge on any atom is 0.296 e. The number of carbonyl (C=O) groups excluding carboxylic acids is 1. The number of anilines is 1. The Labute approximate surface area is 122 Å². The number of aldehydes is 1. The lowest BCUT2D eigenvalue weighted by atomic mass is 9.98. The molecule has 0 spiro atoms. The zero-order valence-electron chi connectivity index (χ0n) is 12.1. The summed E-state index contributed by atoms with van der Waals surface area (Å²) in [7, 11) is 2.93. The largest absolute Gasteiger partial charge is 0.493 e. The molecule has 7 heteroatoms. The van der Waals surface area contributed by atoms with Crippen molar-refractivity contribution in [2.75, 3.05) is 32.2 Å². The number of nitro groups is 1. The minimum Gasteiger partial charge on any atom is -0.493 e. The molecule has 1 fully saturated rings. The van der Waals surface area contributed by atoms with Crippen LogP contribution in [-0.4, -0.2) is 38.5 Å². The molecule has 7 nitrogen and oxygen atoms in total. The highest BCUT2D eigenvalue weighted by molar-refractivity contribution is 5.70. The van der Waals surface area contributed by atoms with Crippen LogP contribution in [0.25, 0.3) is 0 Å². The lowest BCUT2D eigenvalue weighted by Gasteiger charge is -2.31. The van der Waals surface area contributed by atoms with Crippen molar-refractivity contribution in [1.82, 2.24) is 0 Å². The quantitative estimate of drug-likeness (QED) is 0.469. The average molecular weight is 294 g/mol. The van der Waals surface area contributed by atoms with Gasteiger partial charge in [0.2, 0.25) is 0 Å². The molecule has 0 aromatic heterocycles. The van der Waals surface area contributed by atoms with Crippen molar-refractivity contribution in [2.45, 2.75) is 12.8 Å². The van der Waals surface area contributed by atoms with E-state index < -0.39 is 4.92 Å². The summed E-state index contributed by atoms with van der Waals surface area (Å²) < 4.78 is 10.3. The molecule has 0 N–H and O–H groups in total.